The minimum Gasteiger partial charge on any atom is -0.422 e. The van der Waals surface area contributed by atoms with Crippen molar-refractivity contribution >= 4 is 68.8 Å². The number of esters is 1. The smallest absolute Gasteiger partial charge is 0.343 e. The molecule has 0 heterocycles. The number of halogens is 3. The zero-order valence-electron chi connectivity index (χ0n) is 16.1. The number of ether oxygens (including phenoxy) is 1. The van der Waals surface area contributed by atoms with Crippen LogP contribution in [-0.2, 0) is 9.59 Å². The standard InChI is InChI=1S/C22H14BrCl2N3O4/c23-15-7-10-19(32-22(31)13-5-8-16(24)9-6-13)14(11-15)12-26-28-21(30)20(29)27-18-4-2-1-3-17(18)25/h1-12H,(H,27,29)(H,28,30)/b26-12-. The Morgan fingerprint density at radius 1 is 0.938 bits per heavy atom. The molecule has 10 heteroatoms. The predicted molar refractivity (Wildman–Crippen MR) is 126 cm³/mol. The van der Waals surface area contributed by atoms with Crippen LogP contribution in [0.3, 0.4) is 0 Å². The SMILES string of the molecule is O=C(N/N=C\c1cc(Br)ccc1OC(=O)c1ccc(Cl)cc1)C(=O)Nc1ccccc1Cl. The number of rotatable bonds is 5. The molecule has 0 saturated heterocycles. The van der Waals surface area contributed by atoms with Crippen LogP contribution in [0.25, 0.3) is 0 Å². The molecule has 2 N–H and O–H groups in total. The molecule has 0 bridgehead atoms. The molecule has 0 aliphatic rings. The first-order valence-corrected chi connectivity index (χ1v) is 10.5. The van der Waals surface area contributed by atoms with Gasteiger partial charge >= 0.3 is 17.8 Å². The molecule has 3 rings (SSSR count). The van der Waals surface area contributed by atoms with Crippen LogP contribution in [0.5, 0.6) is 5.75 Å². The average Bonchev–Trinajstić information content (AvgIpc) is 2.77. The van der Waals surface area contributed by atoms with Gasteiger partial charge in [-0.25, -0.2) is 10.2 Å². The van der Waals surface area contributed by atoms with E-state index in [0.29, 0.717) is 31.3 Å². The van der Waals surface area contributed by atoms with Crippen LogP contribution in [0, 0.1) is 0 Å². The molecule has 0 aliphatic heterocycles. The van der Waals surface area contributed by atoms with Crippen LogP contribution >= 0.6 is 39.1 Å². The lowest BCUT2D eigenvalue weighted by Gasteiger charge is -2.08. The van der Waals surface area contributed by atoms with Gasteiger partial charge in [0.25, 0.3) is 0 Å². The van der Waals surface area contributed by atoms with Gasteiger partial charge in [-0.05, 0) is 54.6 Å². The molecule has 162 valence electrons. The summed E-state index contributed by atoms with van der Waals surface area (Å²) in [5.74, 6) is -2.34. The molecule has 0 radical (unpaired) electrons. The molecule has 0 atom stereocenters. The normalized spacial score (nSPS) is 10.6. The lowest BCUT2D eigenvalue weighted by molar-refractivity contribution is -0.136. The van der Waals surface area contributed by atoms with Gasteiger partial charge < -0.3 is 10.1 Å². The topological polar surface area (TPSA) is 96.9 Å². The van der Waals surface area contributed by atoms with Crippen molar-refractivity contribution < 1.29 is 19.1 Å². The molecule has 32 heavy (non-hydrogen) atoms. The number of carbonyl (C=O) groups is 3. The number of benzene rings is 3. The van der Waals surface area contributed by atoms with Crippen molar-refractivity contribution in [2.75, 3.05) is 5.32 Å². The Morgan fingerprint density at radius 2 is 1.66 bits per heavy atom. The number of anilines is 1. The maximum Gasteiger partial charge on any atom is 0.343 e. The van der Waals surface area contributed by atoms with E-state index in [2.05, 4.69) is 31.8 Å². The summed E-state index contributed by atoms with van der Waals surface area (Å²) in [5.41, 5.74) is 3.10. The first kappa shape index (κ1) is 23.5. The molecule has 0 aliphatic carbocycles. The molecule has 0 unspecified atom stereocenters. The number of para-hydroxylation sites is 1. The van der Waals surface area contributed by atoms with Crippen molar-refractivity contribution in [2.45, 2.75) is 0 Å². The van der Waals surface area contributed by atoms with Gasteiger partial charge in [-0.2, -0.15) is 5.10 Å². The second-order valence-electron chi connectivity index (χ2n) is 6.21. The molecular weight excluding hydrogens is 521 g/mol. The quantitative estimate of drug-likeness (QED) is 0.157. The number of nitrogens with one attached hydrogen (secondary N) is 2. The van der Waals surface area contributed by atoms with Crippen molar-refractivity contribution in [3.8, 4) is 5.75 Å². The molecular formula is C22H14BrCl2N3O4. The second kappa shape index (κ2) is 10.9. The summed E-state index contributed by atoms with van der Waals surface area (Å²) in [6.45, 7) is 0. The van der Waals surface area contributed by atoms with E-state index in [-0.39, 0.29) is 5.75 Å². The summed E-state index contributed by atoms with van der Waals surface area (Å²) in [5, 5.41) is 6.94. The number of nitrogens with zero attached hydrogens (tertiary/aromatic N) is 1. The van der Waals surface area contributed by atoms with Crippen molar-refractivity contribution in [3.05, 3.63) is 92.4 Å². The number of carbonyl (C=O) groups excluding carboxylic acids is 3. The summed E-state index contributed by atoms with van der Waals surface area (Å²) < 4.78 is 6.11. The van der Waals surface area contributed by atoms with E-state index in [4.69, 9.17) is 27.9 Å². The first-order valence-electron chi connectivity index (χ1n) is 8.99. The summed E-state index contributed by atoms with van der Waals surface area (Å²) >= 11 is 15.1. The van der Waals surface area contributed by atoms with Gasteiger partial charge in [0, 0.05) is 15.1 Å². The Bertz CT molecular complexity index is 1200. The largest absolute Gasteiger partial charge is 0.422 e. The Hall–Kier alpha value is -3.20. The summed E-state index contributed by atoms with van der Waals surface area (Å²) in [4.78, 5) is 36.4. The first-order chi connectivity index (χ1) is 15.3. The van der Waals surface area contributed by atoms with Gasteiger partial charge in [-0.15, -0.1) is 0 Å². The van der Waals surface area contributed by atoms with Gasteiger partial charge in [0.1, 0.15) is 5.75 Å². The molecule has 3 aromatic rings. The number of hydrazone groups is 1. The Kier molecular flexibility index (Phi) is 7.99. The zero-order valence-corrected chi connectivity index (χ0v) is 19.2. The van der Waals surface area contributed by atoms with Crippen LogP contribution in [0.4, 0.5) is 5.69 Å². The lowest BCUT2D eigenvalue weighted by Crippen LogP contribution is -2.32. The maximum atomic E-state index is 12.4. The van der Waals surface area contributed by atoms with Gasteiger partial charge in [0.05, 0.1) is 22.5 Å². The van der Waals surface area contributed by atoms with E-state index in [1.807, 2.05) is 0 Å². The third kappa shape index (κ3) is 6.40. The Labute approximate surface area is 201 Å². The monoisotopic (exact) mass is 533 g/mol. The van der Waals surface area contributed by atoms with Crippen LogP contribution in [0.15, 0.2) is 76.3 Å². The van der Waals surface area contributed by atoms with Gasteiger partial charge in [0.15, 0.2) is 0 Å². The van der Waals surface area contributed by atoms with Gasteiger partial charge in [0.2, 0.25) is 0 Å². The second-order valence-corrected chi connectivity index (χ2v) is 7.97. The molecule has 0 fully saturated rings. The van der Waals surface area contributed by atoms with E-state index >= 15 is 0 Å². The Balaban J connectivity index is 1.67. The number of amides is 2. The van der Waals surface area contributed by atoms with Crippen LogP contribution in [-0.4, -0.2) is 24.0 Å². The maximum absolute atomic E-state index is 12.4. The van der Waals surface area contributed by atoms with E-state index in [0.717, 1.165) is 0 Å². The van der Waals surface area contributed by atoms with E-state index in [9.17, 15) is 14.4 Å². The van der Waals surface area contributed by atoms with Crippen molar-refractivity contribution in [1.82, 2.24) is 5.43 Å². The van der Waals surface area contributed by atoms with Crippen molar-refractivity contribution in [3.63, 3.8) is 0 Å². The van der Waals surface area contributed by atoms with E-state index in [1.54, 1.807) is 54.6 Å². The number of hydrogen-bond acceptors (Lipinski definition) is 5. The molecule has 7 nitrogen and oxygen atoms in total. The third-order valence-electron chi connectivity index (χ3n) is 3.95. The fraction of sp³-hybridized carbons (Fsp3) is 0. The Morgan fingerprint density at radius 3 is 2.38 bits per heavy atom. The molecule has 0 aromatic heterocycles. The van der Waals surface area contributed by atoms with Crippen LogP contribution < -0.4 is 15.5 Å². The highest BCUT2D eigenvalue weighted by Gasteiger charge is 2.15. The summed E-state index contributed by atoms with van der Waals surface area (Å²) in [6.07, 6.45) is 1.25. The fourth-order valence-electron chi connectivity index (χ4n) is 2.41. The highest BCUT2D eigenvalue weighted by atomic mass is 79.9. The highest BCUT2D eigenvalue weighted by Crippen LogP contribution is 2.23. The third-order valence-corrected chi connectivity index (χ3v) is 5.03. The minimum absolute atomic E-state index is 0.201. The molecule has 3 aromatic carbocycles. The van der Waals surface area contributed by atoms with Crippen LogP contribution in [0.2, 0.25) is 10.0 Å². The van der Waals surface area contributed by atoms with Crippen molar-refractivity contribution in [1.29, 1.82) is 0 Å². The van der Waals surface area contributed by atoms with Crippen LogP contribution in [0.1, 0.15) is 15.9 Å². The zero-order chi connectivity index (χ0) is 23.1. The fourth-order valence-corrected chi connectivity index (χ4v) is 3.10. The average molecular weight is 535 g/mol. The molecule has 0 spiro atoms. The number of hydrogen-bond donors (Lipinski definition) is 2. The van der Waals surface area contributed by atoms with Gasteiger partial charge in [-0.3, -0.25) is 9.59 Å². The molecule has 0 saturated carbocycles. The van der Waals surface area contributed by atoms with Crippen molar-refractivity contribution in [2.24, 2.45) is 5.10 Å². The predicted octanol–water partition coefficient (Wildman–Crippen LogP) is 5.06. The molecule has 2 amide bonds. The summed E-state index contributed by atoms with van der Waals surface area (Å²) in [6, 6.07) is 17.6. The van der Waals surface area contributed by atoms with E-state index < -0.39 is 17.8 Å². The summed E-state index contributed by atoms with van der Waals surface area (Å²) in [7, 11) is 0. The highest BCUT2D eigenvalue weighted by molar-refractivity contribution is 9.10. The minimum atomic E-state index is -1.00. The van der Waals surface area contributed by atoms with E-state index in [1.165, 1.54) is 18.3 Å². The van der Waals surface area contributed by atoms with Gasteiger partial charge in [-0.1, -0.05) is 51.3 Å². The lowest BCUT2D eigenvalue weighted by atomic mass is 10.2.